The second kappa shape index (κ2) is 7.15. The zero-order valence-corrected chi connectivity index (χ0v) is 12.7. The Labute approximate surface area is 126 Å². The normalized spacial score (nSPS) is 13.0. The highest BCUT2D eigenvalue weighted by Gasteiger charge is 2.18. The summed E-state index contributed by atoms with van der Waals surface area (Å²) in [4.78, 5) is 4.23. The van der Waals surface area contributed by atoms with Crippen LogP contribution >= 0.6 is 11.6 Å². The quantitative estimate of drug-likeness (QED) is 0.737. The van der Waals surface area contributed by atoms with Gasteiger partial charge in [0.1, 0.15) is 17.2 Å². The smallest absolute Gasteiger partial charge is 0.153 e. The standard InChI is InChI=1S/C14H17ClF2N2O2/c1-20-8-10(21-2)7-19-12-6-9(16)5-11(17)14(12)18-13(19)3-4-15/h5-6,10H,3-4,7-8H2,1-2H3. The third-order valence-electron chi connectivity index (χ3n) is 3.24. The van der Waals surface area contributed by atoms with Crippen LogP contribution in [0.15, 0.2) is 12.1 Å². The van der Waals surface area contributed by atoms with Crippen LogP contribution in [0.2, 0.25) is 0 Å². The van der Waals surface area contributed by atoms with Crippen molar-refractivity contribution in [3.63, 3.8) is 0 Å². The highest BCUT2D eigenvalue weighted by Crippen LogP contribution is 2.22. The topological polar surface area (TPSA) is 36.3 Å². The molecule has 1 unspecified atom stereocenters. The Hall–Kier alpha value is -1.24. The van der Waals surface area contributed by atoms with Crippen molar-refractivity contribution in [1.82, 2.24) is 9.55 Å². The first-order valence-corrected chi connectivity index (χ1v) is 7.06. The lowest BCUT2D eigenvalue weighted by atomic mass is 10.2. The number of ether oxygens (including phenoxy) is 2. The SMILES string of the molecule is COCC(Cn1c(CCCl)nc2c(F)cc(F)cc21)OC. The molecule has 0 aliphatic carbocycles. The number of benzene rings is 1. The first-order valence-electron chi connectivity index (χ1n) is 6.52. The minimum absolute atomic E-state index is 0.142. The maximum atomic E-state index is 13.8. The Morgan fingerprint density at radius 1 is 1.33 bits per heavy atom. The van der Waals surface area contributed by atoms with Gasteiger partial charge in [-0.2, -0.15) is 0 Å². The second-order valence-corrected chi connectivity index (χ2v) is 5.02. The number of hydrogen-bond donors (Lipinski definition) is 0. The van der Waals surface area contributed by atoms with E-state index in [0.29, 0.717) is 36.8 Å². The molecule has 0 saturated heterocycles. The van der Waals surface area contributed by atoms with Crippen molar-refractivity contribution >= 4 is 22.6 Å². The number of nitrogens with zero attached hydrogens (tertiary/aromatic N) is 2. The fourth-order valence-corrected chi connectivity index (χ4v) is 2.43. The zero-order chi connectivity index (χ0) is 15.4. The molecular formula is C14H17ClF2N2O2. The predicted octanol–water partition coefficient (Wildman–Crippen LogP) is 2.76. The average molecular weight is 319 g/mol. The molecule has 0 aliphatic heterocycles. The molecule has 4 nitrogen and oxygen atoms in total. The van der Waals surface area contributed by atoms with Crippen LogP contribution in [0.3, 0.4) is 0 Å². The Morgan fingerprint density at radius 3 is 2.71 bits per heavy atom. The molecule has 0 fully saturated rings. The van der Waals surface area contributed by atoms with Gasteiger partial charge in [0.05, 0.1) is 24.8 Å². The van der Waals surface area contributed by atoms with Gasteiger partial charge in [-0.1, -0.05) is 0 Å². The molecule has 21 heavy (non-hydrogen) atoms. The molecule has 1 aromatic carbocycles. The molecule has 0 spiro atoms. The van der Waals surface area contributed by atoms with E-state index in [4.69, 9.17) is 21.1 Å². The van der Waals surface area contributed by atoms with Crippen LogP contribution in [0.5, 0.6) is 0 Å². The van der Waals surface area contributed by atoms with E-state index in [1.165, 1.54) is 6.07 Å². The first kappa shape index (κ1) is 16.1. The highest BCUT2D eigenvalue weighted by atomic mass is 35.5. The molecule has 2 rings (SSSR count). The van der Waals surface area contributed by atoms with E-state index in [1.54, 1.807) is 18.8 Å². The molecule has 0 radical (unpaired) electrons. The maximum Gasteiger partial charge on any atom is 0.153 e. The molecule has 0 aliphatic rings. The molecule has 0 N–H and O–H groups in total. The number of halogens is 3. The lowest BCUT2D eigenvalue weighted by Crippen LogP contribution is -2.25. The lowest BCUT2D eigenvalue weighted by molar-refractivity contribution is 0.0186. The second-order valence-electron chi connectivity index (χ2n) is 4.65. The van der Waals surface area contributed by atoms with E-state index in [0.717, 1.165) is 6.07 Å². The fraction of sp³-hybridized carbons (Fsp3) is 0.500. The Bertz CT molecular complexity index is 619. The fourth-order valence-electron chi connectivity index (χ4n) is 2.26. The van der Waals surface area contributed by atoms with Crippen molar-refractivity contribution in [1.29, 1.82) is 0 Å². The molecule has 1 atom stereocenters. The van der Waals surface area contributed by atoms with Crippen LogP contribution in [-0.2, 0) is 22.4 Å². The average Bonchev–Trinajstić information content (AvgIpc) is 2.77. The summed E-state index contributed by atoms with van der Waals surface area (Å²) in [5.74, 6) is -0.378. The van der Waals surface area contributed by atoms with Crippen LogP contribution in [0, 0.1) is 11.6 Å². The van der Waals surface area contributed by atoms with Gasteiger partial charge >= 0.3 is 0 Å². The van der Waals surface area contributed by atoms with Gasteiger partial charge in [0, 0.05) is 32.6 Å². The summed E-state index contributed by atoms with van der Waals surface area (Å²) in [5, 5.41) is 0. The van der Waals surface area contributed by atoms with Gasteiger partial charge < -0.3 is 14.0 Å². The molecule has 0 amide bonds. The lowest BCUT2D eigenvalue weighted by Gasteiger charge is -2.17. The minimum atomic E-state index is -0.680. The largest absolute Gasteiger partial charge is 0.382 e. The third kappa shape index (κ3) is 3.51. The monoisotopic (exact) mass is 318 g/mol. The van der Waals surface area contributed by atoms with Gasteiger partial charge in [-0.15, -0.1) is 11.6 Å². The van der Waals surface area contributed by atoms with E-state index in [2.05, 4.69) is 4.98 Å². The van der Waals surface area contributed by atoms with Crippen molar-refractivity contribution in [2.75, 3.05) is 26.7 Å². The Morgan fingerprint density at radius 2 is 2.10 bits per heavy atom. The minimum Gasteiger partial charge on any atom is -0.382 e. The van der Waals surface area contributed by atoms with Gasteiger partial charge in [0.15, 0.2) is 5.82 Å². The zero-order valence-electron chi connectivity index (χ0n) is 11.9. The summed E-state index contributed by atoms with van der Waals surface area (Å²) in [7, 11) is 3.13. The number of hydrogen-bond acceptors (Lipinski definition) is 3. The van der Waals surface area contributed by atoms with E-state index >= 15 is 0 Å². The van der Waals surface area contributed by atoms with Gasteiger partial charge in [-0.05, 0) is 6.07 Å². The Balaban J connectivity index is 2.49. The summed E-state index contributed by atoms with van der Waals surface area (Å²) in [6.45, 7) is 0.754. The summed E-state index contributed by atoms with van der Waals surface area (Å²) in [6.07, 6.45) is 0.216. The van der Waals surface area contributed by atoms with Gasteiger partial charge in [0.2, 0.25) is 0 Å². The van der Waals surface area contributed by atoms with Crippen molar-refractivity contribution in [2.45, 2.75) is 19.1 Å². The molecule has 0 saturated carbocycles. The predicted molar refractivity (Wildman–Crippen MR) is 76.7 cm³/mol. The van der Waals surface area contributed by atoms with Crippen molar-refractivity contribution < 1.29 is 18.3 Å². The summed E-state index contributed by atoms with van der Waals surface area (Å²) in [5.41, 5.74) is 0.537. The van der Waals surface area contributed by atoms with E-state index in [-0.39, 0.29) is 11.6 Å². The van der Waals surface area contributed by atoms with Gasteiger partial charge in [-0.3, -0.25) is 0 Å². The number of alkyl halides is 1. The molecular weight excluding hydrogens is 302 g/mol. The summed E-state index contributed by atoms with van der Waals surface area (Å²) < 4.78 is 39.4. The number of aromatic nitrogens is 2. The van der Waals surface area contributed by atoms with Gasteiger partial charge in [0.25, 0.3) is 0 Å². The van der Waals surface area contributed by atoms with Crippen LogP contribution in [0.1, 0.15) is 5.82 Å². The number of fused-ring (bicyclic) bond motifs is 1. The van der Waals surface area contributed by atoms with Crippen LogP contribution < -0.4 is 0 Å². The molecule has 1 aromatic heterocycles. The Kier molecular flexibility index (Phi) is 5.50. The van der Waals surface area contributed by atoms with Crippen LogP contribution in [-0.4, -0.2) is 42.4 Å². The van der Waals surface area contributed by atoms with E-state index in [1.807, 2.05) is 0 Å². The highest BCUT2D eigenvalue weighted by molar-refractivity contribution is 6.17. The van der Waals surface area contributed by atoms with Crippen LogP contribution in [0.4, 0.5) is 8.78 Å². The molecule has 116 valence electrons. The van der Waals surface area contributed by atoms with Crippen LogP contribution in [0.25, 0.3) is 11.0 Å². The first-order chi connectivity index (χ1) is 10.1. The van der Waals surface area contributed by atoms with Gasteiger partial charge in [-0.25, -0.2) is 13.8 Å². The summed E-state index contributed by atoms with van der Waals surface area (Å²) >= 11 is 5.76. The van der Waals surface area contributed by atoms with Crippen molar-refractivity contribution in [2.24, 2.45) is 0 Å². The van der Waals surface area contributed by atoms with Crippen molar-refractivity contribution in [3.8, 4) is 0 Å². The third-order valence-corrected chi connectivity index (χ3v) is 3.43. The van der Waals surface area contributed by atoms with E-state index < -0.39 is 11.6 Å². The molecule has 7 heteroatoms. The maximum absolute atomic E-state index is 13.8. The number of rotatable bonds is 7. The van der Waals surface area contributed by atoms with E-state index in [9.17, 15) is 8.78 Å². The summed E-state index contributed by atoms with van der Waals surface area (Å²) in [6, 6.07) is 2.09. The number of aryl methyl sites for hydroxylation is 1. The molecule has 0 bridgehead atoms. The molecule has 2 aromatic rings. The van der Waals surface area contributed by atoms with Crippen molar-refractivity contribution in [3.05, 3.63) is 29.6 Å². The number of imidazole rings is 1. The number of methoxy groups -OCH3 is 2. The molecule has 1 heterocycles.